The molecule has 2 aromatic carbocycles. The fraction of sp³-hybridized carbons (Fsp3) is 0.118. The van der Waals surface area contributed by atoms with E-state index in [1.54, 1.807) is 18.2 Å². The zero-order valence-corrected chi connectivity index (χ0v) is 11.0. The first-order chi connectivity index (χ1) is 9.75. The molecule has 0 aliphatic carbocycles. The molecular formula is C17H16O3. The van der Waals surface area contributed by atoms with Gasteiger partial charge in [0, 0.05) is 6.08 Å². The molecule has 20 heavy (non-hydrogen) atoms. The van der Waals surface area contributed by atoms with Gasteiger partial charge in [0.2, 0.25) is 0 Å². The first-order valence-electron chi connectivity index (χ1n) is 6.40. The van der Waals surface area contributed by atoms with Crippen molar-refractivity contribution in [3.05, 3.63) is 77.9 Å². The number of carbonyl (C=O) groups excluding carboxylic acids is 1. The first kappa shape index (κ1) is 13.9. The number of allylic oxidation sites excluding steroid dienone is 1. The standard InChI is InChI=1S/C17H16O3/c18-16-11-5-4-9-15(16)10-6-12-17(19)20-13-14-7-2-1-3-8-14/h1-9,11-12,18H,10,13H2/b12-6+. The Morgan fingerprint density at radius 1 is 1.05 bits per heavy atom. The number of ether oxygens (including phenoxy) is 1. The third-order valence-electron chi connectivity index (χ3n) is 2.81. The van der Waals surface area contributed by atoms with Gasteiger partial charge in [0.1, 0.15) is 12.4 Å². The molecule has 0 fully saturated rings. The zero-order valence-electron chi connectivity index (χ0n) is 11.0. The highest BCUT2D eigenvalue weighted by molar-refractivity contribution is 5.81. The number of hydrogen-bond acceptors (Lipinski definition) is 3. The van der Waals surface area contributed by atoms with Crippen LogP contribution in [-0.4, -0.2) is 11.1 Å². The van der Waals surface area contributed by atoms with Crippen LogP contribution in [0.25, 0.3) is 0 Å². The van der Waals surface area contributed by atoms with E-state index >= 15 is 0 Å². The molecule has 0 aromatic heterocycles. The second-order valence-electron chi connectivity index (χ2n) is 4.33. The van der Waals surface area contributed by atoms with Gasteiger partial charge in [-0.15, -0.1) is 0 Å². The van der Waals surface area contributed by atoms with E-state index in [2.05, 4.69) is 0 Å². The normalized spacial score (nSPS) is 10.6. The summed E-state index contributed by atoms with van der Waals surface area (Å²) in [6.07, 6.45) is 3.56. The molecule has 0 unspecified atom stereocenters. The summed E-state index contributed by atoms with van der Waals surface area (Å²) in [4.78, 5) is 11.5. The van der Waals surface area contributed by atoms with Gasteiger partial charge in [-0.3, -0.25) is 0 Å². The lowest BCUT2D eigenvalue weighted by Crippen LogP contribution is -2.00. The fourth-order valence-corrected chi connectivity index (χ4v) is 1.74. The summed E-state index contributed by atoms with van der Waals surface area (Å²) in [6, 6.07) is 16.6. The number of benzene rings is 2. The minimum absolute atomic E-state index is 0.231. The van der Waals surface area contributed by atoms with Crippen molar-refractivity contribution in [2.24, 2.45) is 0 Å². The van der Waals surface area contributed by atoms with Crippen molar-refractivity contribution < 1.29 is 14.6 Å². The maximum atomic E-state index is 11.5. The first-order valence-corrected chi connectivity index (χ1v) is 6.40. The Morgan fingerprint density at radius 3 is 2.50 bits per heavy atom. The number of rotatable bonds is 5. The van der Waals surface area contributed by atoms with Crippen molar-refractivity contribution in [2.75, 3.05) is 0 Å². The monoisotopic (exact) mass is 268 g/mol. The molecule has 0 saturated heterocycles. The number of esters is 1. The SMILES string of the molecule is O=C(/C=C/Cc1ccccc1O)OCc1ccccc1. The van der Waals surface area contributed by atoms with Gasteiger partial charge in [-0.05, 0) is 23.6 Å². The Kier molecular flexibility index (Phi) is 4.95. The van der Waals surface area contributed by atoms with Crippen molar-refractivity contribution in [2.45, 2.75) is 13.0 Å². The molecule has 102 valence electrons. The molecular weight excluding hydrogens is 252 g/mol. The highest BCUT2D eigenvalue weighted by Gasteiger charge is 1.99. The number of aromatic hydroxyl groups is 1. The van der Waals surface area contributed by atoms with Crippen LogP contribution >= 0.6 is 0 Å². The lowest BCUT2D eigenvalue weighted by molar-refractivity contribution is -0.139. The van der Waals surface area contributed by atoms with E-state index in [4.69, 9.17) is 4.74 Å². The topological polar surface area (TPSA) is 46.5 Å². The van der Waals surface area contributed by atoms with Crippen LogP contribution < -0.4 is 0 Å². The van der Waals surface area contributed by atoms with Crippen LogP contribution in [0.3, 0.4) is 0 Å². The number of phenols is 1. The quantitative estimate of drug-likeness (QED) is 0.669. The van der Waals surface area contributed by atoms with Gasteiger partial charge in [0.15, 0.2) is 0 Å². The lowest BCUT2D eigenvalue weighted by Gasteiger charge is -2.02. The molecule has 0 amide bonds. The maximum absolute atomic E-state index is 11.5. The minimum Gasteiger partial charge on any atom is -0.508 e. The summed E-state index contributed by atoms with van der Waals surface area (Å²) >= 11 is 0. The van der Waals surface area contributed by atoms with E-state index in [1.165, 1.54) is 6.08 Å². The molecule has 0 aliphatic rings. The Bertz CT molecular complexity index is 588. The molecule has 0 bridgehead atoms. The van der Waals surface area contributed by atoms with Crippen molar-refractivity contribution in [3.63, 3.8) is 0 Å². The van der Waals surface area contributed by atoms with Gasteiger partial charge < -0.3 is 9.84 Å². The third-order valence-corrected chi connectivity index (χ3v) is 2.81. The summed E-state index contributed by atoms with van der Waals surface area (Å²) < 4.78 is 5.11. The van der Waals surface area contributed by atoms with Gasteiger partial charge in [-0.25, -0.2) is 4.79 Å². The number of hydrogen-bond donors (Lipinski definition) is 1. The molecule has 1 N–H and O–H groups in total. The Morgan fingerprint density at radius 2 is 1.75 bits per heavy atom. The van der Waals surface area contributed by atoms with Crippen LogP contribution in [0.4, 0.5) is 0 Å². The van der Waals surface area contributed by atoms with E-state index in [-0.39, 0.29) is 18.3 Å². The highest BCUT2D eigenvalue weighted by Crippen LogP contribution is 2.16. The lowest BCUT2D eigenvalue weighted by atomic mass is 10.1. The third kappa shape index (κ3) is 4.28. The van der Waals surface area contributed by atoms with Crippen LogP contribution in [0.5, 0.6) is 5.75 Å². The summed E-state index contributed by atoms with van der Waals surface area (Å²) in [7, 11) is 0. The van der Waals surface area contributed by atoms with Crippen LogP contribution in [-0.2, 0) is 22.6 Å². The molecule has 0 aliphatic heterocycles. The van der Waals surface area contributed by atoms with Crippen molar-refractivity contribution in [1.82, 2.24) is 0 Å². The summed E-state index contributed by atoms with van der Waals surface area (Å²) in [5, 5.41) is 9.58. The van der Waals surface area contributed by atoms with E-state index < -0.39 is 0 Å². The molecule has 3 heteroatoms. The summed E-state index contributed by atoms with van der Waals surface area (Å²) in [6.45, 7) is 0.264. The molecule has 3 nitrogen and oxygen atoms in total. The summed E-state index contributed by atoms with van der Waals surface area (Å²) in [5.74, 6) is -0.154. The molecule has 2 aromatic rings. The van der Waals surface area contributed by atoms with Crippen LogP contribution in [0.2, 0.25) is 0 Å². The molecule has 2 rings (SSSR count). The average molecular weight is 268 g/mol. The van der Waals surface area contributed by atoms with Gasteiger partial charge >= 0.3 is 5.97 Å². The highest BCUT2D eigenvalue weighted by atomic mass is 16.5. The number of phenolic OH excluding ortho intramolecular Hbond substituents is 1. The van der Waals surface area contributed by atoms with Crippen LogP contribution in [0.1, 0.15) is 11.1 Å². The zero-order chi connectivity index (χ0) is 14.2. The fourth-order valence-electron chi connectivity index (χ4n) is 1.74. The van der Waals surface area contributed by atoms with Gasteiger partial charge in [-0.2, -0.15) is 0 Å². The van der Waals surface area contributed by atoms with Crippen molar-refractivity contribution in [1.29, 1.82) is 0 Å². The van der Waals surface area contributed by atoms with Gasteiger partial charge in [-0.1, -0.05) is 54.6 Å². The predicted octanol–water partition coefficient (Wildman–Crippen LogP) is 3.23. The second kappa shape index (κ2) is 7.14. The van der Waals surface area contributed by atoms with E-state index in [0.29, 0.717) is 6.42 Å². The van der Waals surface area contributed by atoms with Crippen molar-refractivity contribution in [3.8, 4) is 5.75 Å². The van der Waals surface area contributed by atoms with Gasteiger partial charge in [0.25, 0.3) is 0 Å². The number of carbonyl (C=O) groups is 1. The molecule has 0 saturated carbocycles. The van der Waals surface area contributed by atoms with E-state index in [1.807, 2.05) is 42.5 Å². The van der Waals surface area contributed by atoms with E-state index in [0.717, 1.165) is 11.1 Å². The maximum Gasteiger partial charge on any atom is 0.330 e. The van der Waals surface area contributed by atoms with Crippen LogP contribution in [0, 0.1) is 0 Å². The smallest absolute Gasteiger partial charge is 0.330 e. The Balaban J connectivity index is 1.80. The molecule has 0 spiro atoms. The minimum atomic E-state index is -0.385. The Labute approximate surface area is 118 Å². The molecule has 0 atom stereocenters. The second-order valence-corrected chi connectivity index (χ2v) is 4.33. The largest absolute Gasteiger partial charge is 0.508 e. The van der Waals surface area contributed by atoms with Crippen LogP contribution in [0.15, 0.2) is 66.7 Å². The average Bonchev–Trinajstić information content (AvgIpc) is 2.48. The molecule has 0 heterocycles. The van der Waals surface area contributed by atoms with Crippen molar-refractivity contribution >= 4 is 5.97 Å². The predicted molar refractivity (Wildman–Crippen MR) is 77.2 cm³/mol. The Hall–Kier alpha value is -2.55. The number of para-hydroxylation sites is 1. The summed E-state index contributed by atoms with van der Waals surface area (Å²) in [5.41, 5.74) is 1.73. The molecule has 0 radical (unpaired) electrons. The van der Waals surface area contributed by atoms with E-state index in [9.17, 15) is 9.90 Å². The van der Waals surface area contributed by atoms with Gasteiger partial charge in [0.05, 0.1) is 0 Å².